The van der Waals surface area contributed by atoms with Gasteiger partial charge in [0.2, 0.25) is 0 Å². The third-order valence-corrected chi connectivity index (χ3v) is 5.74. The normalized spacial score (nSPS) is 15.5. The molecule has 26 heavy (non-hydrogen) atoms. The summed E-state index contributed by atoms with van der Waals surface area (Å²) in [6, 6.07) is 7.66. The molecule has 138 valence electrons. The van der Waals surface area contributed by atoms with Gasteiger partial charge in [-0.05, 0) is 54.0 Å². The molecule has 3 N–H and O–H groups in total. The minimum absolute atomic E-state index is 0. The van der Waals surface area contributed by atoms with Gasteiger partial charge in [0.05, 0.1) is 5.56 Å². The third kappa shape index (κ3) is 3.92. The summed E-state index contributed by atoms with van der Waals surface area (Å²) < 4.78 is 0. The lowest BCUT2D eigenvalue weighted by Gasteiger charge is -2.27. The Labute approximate surface area is 163 Å². The van der Waals surface area contributed by atoms with Gasteiger partial charge in [0, 0.05) is 31.1 Å². The van der Waals surface area contributed by atoms with E-state index in [-0.39, 0.29) is 24.2 Å². The van der Waals surface area contributed by atoms with Crippen molar-refractivity contribution in [3.05, 3.63) is 51.9 Å². The van der Waals surface area contributed by atoms with Gasteiger partial charge in [-0.2, -0.15) is 0 Å². The number of anilines is 1. The Morgan fingerprint density at radius 3 is 2.69 bits per heavy atom. The maximum Gasteiger partial charge on any atom is 0.256 e. The summed E-state index contributed by atoms with van der Waals surface area (Å²) in [7, 11) is 0. The average Bonchev–Trinajstić information content (AvgIpc) is 3.21. The van der Waals surface area contributed by atoms with Gasteiger partial charge in [-0.25, -0.2) is 0 Å². The minimum Gasteiger partial charge on any atom is -0.352 e. The second-order valence-corrected chi connectivity index (χ2v) is 7.60. The zero-order valence-corrected chi connectivity index (χ0v) is 16.0. The van der Waals surface area contributed by atoms with Gasteiger partial charge >= 0.3 is 0 Å². The highest BCUT2D eigenvalue weighted by Gasteiger charge is 2.20. The molecule has 2 aliphatic rings. The van der Waals surface area contributed by atoms with Crippen LogP contribution in [-0.2, 0) is 12.8 Å². The van der Waals surface area contributed by atoms with Crippen LogP contribution in [0.25, 0.3) is 0 Å². The molecule has 2 aromatic rings. The number of carbonyl (C=O) groups excluding carboxylic acids is 2. The van der Waals surface area contributed by atoms with Crippen molar-refractivity contribution < 1.29 is 9.59 Å². The number of nitrogens with one attached hydrogen (secondary N) is 3. The minimum atomic E-state index is -0.158. The molecule has 0 radical (unpaired) electrons. The van der Waals surface area contributed by atoms with Crippen LogP contribution in [0.4, 0.5) is 5.00 Å². The van der Waals surface area contributed by atoms with Gasteiger partial charge in [-0.15, -0.1) is 23.7 Å². The molecular weight excluding hydrogens is 370 g/mol. The fraction of sp³-hybridized carbons (Fsp3) is 0.368. The van der Waals surface area contributed by atoms with Crippen LogP contribution < -0.4 is 16.0 Å². The highest BCUT2D eigenvalue weighted by atomic mass is 35.5. The number of halogens is 1. The SMILES string of the molecule is Cl.O=C(Nc1sccc1C(=O)NCC1CNC1)c1ccc2c(c1)CCC2. The standard InChI is InChI=1S/C19H21N3O2S.ClH/c23-17(15-5-4-13-2-1-3-14(13)8-15)22-19-16(6-7-25-19)18(24)21-11-12-9-20-10-12;/h4-8,12,20H,1-3,9-11H2,(H,21,24)(H,22,23);1H. The molecule has 2 amide bonds. The van der Waals surface area contributed by atoms with Crippen molar-refractivity contribution in [3.63, 3.8) is 0 Å². The topological polar surface area (TPSA) is 70.2 Å². The number of hydrogen-bond donors (Lipinski definition) is 3. The first-order valence-corrected chi connectivity index (χ1v) is 9.58. The summed E-state index contributed by atoms with van der Waals surface area (Å²) in [4.78, 5) is 24.9. The number of rotatable bonds is 5. The molecule has 1 aliphatic heterocycles. The van der Waals surface area contributed by atoms with E-state index in [1.165, 1.54) is 22.5 Å². The summed E-state index contributed by atoms with van der Waals surface area (Å²) in [6.45, 7) is 2.57. The Hall–Kier alpha value is -1.89. The van der Waals surface area contributed by atoms with Crippen molar-refractivity contribution in [1.82, 2.24) is 10.6 Å². The molecule has 1 aliphatic carbocycles. The molecule has 0 bridgehead atoms. The van der Waals surface area contributed by atoms with Gasteiger partial charge in [0.15, 0.2) is 0 Å². The number of benzene rings is 1. The summed E-state index contributed by atoms with van der Waals surface area (Å²) in [5.41, 5.74) is 3.80. The zero-order chi connectivity index (χ0) is 17.2. The van der Waals surface area contributed by atoms with Crippen LogP contribution in [0.15, 0.2) is 29.6 Å². The lowest BCUT2D eigenvalue weighted by atomic mass is 10.0. The monoisotopic (exact) mass is 391 g/mol. The van der Waals surface area contributed by atoms with Gasteiger partial charge in [0.25, 0.3) is 11.8 Å². The number of fused-ring (bicyclic) bond motifs is 1. The van der Waals surface area contributed by atoms with E-state index >= 15 is 0 Å². The third-order valence-electron chi connectivity index (χ3n) is 4.91. The quantitative estimate of drug-likeness (QED) is 0.734. The van der Waals surface area contributed by atoms with Crippen molar-refractivity contribution in [2.24, 2.45) is 5.92 Å². The van der Waals surface area contributed by atoms with Crippen LogP contribution in [0.2, 0.25) is 0 Å². The van der Waals surface area contributed by atoms with E-state index < -0.39 is 0 Å². The van der Waals surface area contributed by atoms with Crippen molar-refractivity contribution >= 4 is 40.6 Å². The fourth-order valence-corrected chi connectivity index (χ4v) is 4.08. The van der Waals surface area contributed by atoms with E-state index in [1.54, 1.807) is 6.07 Å². The number of hydrogen-bond acceptors (Lipinski definition) is 4. The molecule has 5 nitrogen and oxygen atoms in total. The molecule has 1 aromatic heterocycles. The largest absolute Gasteiger partial charge is 0.352 e. The summed E-state index contributed by atoms with van der Waals surface area (Å²) in [6.07, 6.45) is 3.30. The molecule has 2 heterocycles. The number of aryl methyl sites for hydroxylation is 2. The average molecular weight is 392 g/mol. The lowest BCUT2D eigenvalue weighted by Crippen LogP contribution is -2.48. The Morgan fingerprint density at radius 1 is 1.12 bits per heavy atom. The second kappa shape index (κ2) is 8.20. The summed E-state index contributed by atoms with van der Waals surface area (Å²) in [5, 5.41) is 11.5. The predicted molar refractivity (Wildman–Crippen MR) is 107 cm³/mol. The van der Waals surface area contributed by atoms with Crippen LogP contribution in [0.5, 0.6) is 0 Å². The van der Waals surface area contributed by atoms with E-state index in [4.69, 9.17) is 0 Å². The van der Waals surface area contributed by atoms with Gasteiger partial charge in [-0.1, -0.05) is 6.07 Å². The van der Waals surface area contributed by atoms with Crippen molar-refractivity contribution in [3.8, 4) is 0 Å². The molecule has 0 spiro atoms. The summed E-state index contributed by atoms with van der Waals surface area (Å²) >= 11 is 1.38. The van der Waals surface area contributed by atoms with Crippen LogP contribution in [0.1, 0.15) is 38.3 Å². The molecule has 4 rings (SSSR count). The van der Waals surface area contributed by atoms with Crippen molar-refractivity contribution in [1.29, 1.82) is 0 Å². The molecule has 1 aromatic carbocycles. The molecule has 0 saturated carbocycles. The molecule has 0 unspecified atom stereocenters. The molecule has 7 heteroatoms. The maximum absolute atomic E-state index is 12.6. The molecule has 1 fully saturated rings. The van der Waals surface area contributed by atoms with Gasteiger partial charge in [-0.3, -0.25) is 9.59 Å². The van der Waals surface area contributed by atoms with Crippen molar-refractivity contribution in [2.75, 3.05) is 25.0 Å². The Balaban J connectivity index is 0.00000196. The van der Waals surface area contributed by atoms with Crippen LogP contribution in [0, 0.1) is 5.92 Å². The first-order valence-electron chi connectivity index (χ1n) is 8.70. The van der Waals surface area contributed by atoms with Gasteiger partial charge in [0.1, 0.15) is 5.00 Å². The van der Waals surface area contributed by atoms with E-state index in [9.17, 15) is 9.59 Å². The molecular formula is C19H22ClN3O2S. The van der Waals surface area contributed by atoms with Crippen molar-refractivity contribution in [2.45, 2.75) is 19.3 Å². The number of thiophene rings is 1. The number of amides is 2. The van der Waals surface area contributed by atoms with Gasteiger partial charge < -0.3 is 16.0 Å². The fourth-order valence-electron chi connectivity index (χ4n) is 3.30. The van der Waals surface area contributed by atoms with E-state index in [0.717, 1.165) is 32.4 Å². The van der Waals surface area contributed by atoms with Crippen LogP contribution >= 0.6 is 23.7 Å². The first kappa shape index (κ1) is 18.9. The molecule has 0 atom stereocenters. The van der Waals surface area contributed by atoms with Crippen LogP contribution in [0.3, 0.4) is 0 Å². The Bertz CT molecular complexity index is 817. The highest BCUT2D eigenvalue weighted by molar-refractivity contribution is 7.14. The van der Waals surface area contributed by atoms with E-state index in [1.807, 2.05) is 23.6 Å². The zero-order valence-electron chi connectivity index (χ0n) is 14.3. The predicted octanol–water partition coefficient (Wildman–Crippen LogP) is 2.86. The smallest absolute Gasteiger partial charge is 0.256 e. The first-order chi connectivity index (χ1) is 12.2. The maximum atomic E-state index is 12.6. The lowest BCUT2D eigenvalue weighted by molar-refractivity contribution is 0.0943. The Kier molecular flexibility index (Phi) is 5.96. The van der Waals surface area contributed by atoms with E-state index in [2.05, 4.69) is 16.0 Å². The van der Waals surface area contributed by atoms with Crippen LogP contribution in [-0.4, -0.2) is 31.4 Å². The Morgan fingerprint density at radius 2 is 1.92 bits per heavy atom. The molecule has 1 saturated heterocycles. The summed E-state index contributed by atoms with van der Waals surface area (Å²) in [5.74, 6) is 0.221. The number of carbonyl (C=O) groups is 2. The van der Waals surface area contributed by atoms with E-state index in [0.29, 0.717) is 28.6 Å². The second-order valence-electron chi connectivity index (χ2n) is 6.69. The highest BCUT2D eigenvalue weighted by Crippen LogP contribution is 2.26.